The molecule has 2 aromatic rings. The van der Waals surface area contributed by atoms with Crippen molar-refractivity contribution >= 4 is 11.1 Å². The first-order valence-electron chi connectivity index (χ1n) is 8.88. The van der Waals surface area contributed by atoms with E-state index in [9.17, 15) is 0 Å². The second-order valence-corrected chi connectivity index (χ2v) is 6.37. The largest absolute Gasteiger partial charge is 0.0988 e. The van der Waals surface area contributed by atoms with Gasteiger partial charge in [0, 0.05) is 0 Å². The van der Waals surface area contributed by atoms with Crippen molar-refractivity contribution in [3.8, 4) is 0 Å². The van der Waals surface area contributed by atoms with E-state index in [4.69, 9.17) is 0 Å². The van der Waals surface area contributed by atoms with Crippen molar-refractivity contribution < 1.29 is 0 Å². The van der Waals surface area contributed by atoms with Crippen LogP contribution in [0.1, 0.15) is 37.8 Å². The average Bonchev–Trinajstić information content (AvgIpc) is 2.68. The van der Waals surface area contributed by atoms with Gasteiger partial charge >= 0.3 is 0 Å². The van der Waals surface area contributed by atoms with Crippen LogP contribution in [0, 0.1) is 0 Å². The third-order valence-corrected chi connectivity index (χ3v) is 3.92. The molecule has 0 aromatic heterocycles. The molecule has 134 valence electrons. The zero-order valence-corrected chi connectivity index (χ0v) is 16.2. The molecule has 0 aliphatic heterocycles. The minimum absolute atomic E-state index is 0.979. The highest BCUT2D eigenvalue weighted by molar-refractivity contribution is 6.02. The summed E-state index contributed by atoms with van der Waals surface area (Å²) in [5.74, 6) is 0. The summed E-state index contributed by atoms with van der Waals surface area (Å²) in [5, 5.41) is 0. The molecule has 2 aromatic carbocycles. The molecule has 0 saturated carbocycles. The third kappa shape index (κ3) is 7.81. The van der Waals surface area contributed by atoms with E-state index in [0.29, 0.717) is 0 Å². The van der Waals surface area contributed by atoms with Gasteiger partial charge in [0.1, 0.15) is 0 Å². The molecule has 0 amide bonds. The second-order valence-electron chi connectivity index (χ2n) is 6.37. The van der Waals surface area contributed by atoms with Crippen LogP contribution in [-0.2, 0) is 0 Å². The molecule has 0 unspecified atom stereocenters. The highest BCUT2D eigenvalue weighted by atomic mass is 14.1. The van der Waals surface area contributed by atoms with Crippen molar-refractivity contribution in [2.75, 3.05) is 0 Å². The van der Waals surface area contributed by atoms with Crippen molar-refractivity contribution in [1.29, 1.82) is 0 Å². The molecule has 0 heterocycles. The van der Waals surface area contributed by atoms with E-state index in [1.54, 1.807) is 0 Å². The molecule has 0 nitrogen and oxygen atoms in total. The Morgan fingerprint density at radius 1 is 0.769 bits per heavy atom. The van der Waals surface area contributed by atoms with Gasteiger partial charge in [0.25, 0.3) is 0 Å². The maximum Gasteiger partial charge on any atom is -0.0183 e. The normalized spacial score (nSPS) is 9.31. The molecule has 0 atom stereocenters. The van der Waals surface area contributed by atoms with E-state index < -0.39 is 0 Å². The van der Waals surface area contributed by atoms with Crippen LogP contribution in [0.2, 0.25) is 0 Å². The molecule has 0 spiro atoms. The highest BCUT2D eigenvalue weighted by Gasteiger charge is 2.04. The minimum atomic E-state index is 0.979. The smallest absolute Gasteiger partial charge is 0.0183 e. The van der Waals surface area contributed by atoms with Crippen LogP contribution >= 0.6 is 0 Å². The summed E-state index contributed by atoms with van der Waals surface area (Å²) in [7, 11) is 0. The number of hydrogen-bond acceptors (Lipinski definition) is 0. The van der Waals surface area contributed by atoms with Crippen molar-refractivity contribution in [2.45, 2.75) is 26.7 Å². The fourth-order valence-electron chi connectivity index (χ4n) is 2.28. The van der Waals surface area contributed by atoms with Gasteiger partial charge in [-0.15, -0.1) is 0 Å². The van der Waals surface area contributed by atoms with Crippen LogP contribution in [0.5, 0.6) is 0 Å². The highest BCUT2D eigenvalue weighted by Crippen LogP contribution is 2.27. The first kappa shape index (κ1) is 21.2. The van der Waals surface area contributed by atoms with Crippen molar-refractivity contribution in [1.82, 2.24) is 0 Å². The fourth-order valence-corrected chi connectivity index (χ4v) is 2.28. The van der Waals surface area contributed by atoms with Crippen LogP contribution in [0.3, 0.4) is 0 Å². The van der Waals surface area contributed by atoms with Crippen molar-refractivity contribution in [2.24, 2.45) is 0 Å². The Morgan fingerprint density at radius 3 is 1.54 bits per heavy atom. The molecule has 0 radical (unpaired) electrons. The van der Waals surface area contributed by atoms with Gasteiger partial charge in [-0.05, 0) is 49.0 Å². The van der Waals surface area contributed by atoms with E-state index in [-0.39, 0.29) is 0 Å². The van der Waals surface area contributed by atoms with Gasteiger partial charge in [0.2, 0.25) is 0 Å². The first-order valence-corrected chi connectivity index (χ1v) is 8.88. The lowest BCUT2D eigenvalue weighted by atomic mass is 9.95. The van der Waals surface area contributed by atoms with Gasteiger partial charge in [-0.3, -0.25) is 0 Å². The molecule has 0 fully saturated rings. The van der Waals surface area contributed by atoms with Gasteiger partial charge in [-0.1, -0.05) is 110 Å². The number of benzene rings is 2. The number of rotatable bonds is 7. The maximum atomic E-state index is 4.10. The molecule has 0 N–H and O–H groups in total. The third-order valence-electron chi connectivity index (χ3n) is 3.92. The van der Waals surface area contributed by atoms with Crippen molar-refractivity contribution in [3.63, 3.8) is 0 Å². The summed E-state index contributed by atoms with van der Waals surface area (Å²) in [6.07, 6.45) is 6.16. The lowest BCUT2D eigenvalue weighted by Crippen LogP contribution is -1.86. The average molecular weight is 343 g/mol. The SMILES string of the molecule is C=C(C(=C)c1ccccc1)c1ccccc1.C=CC(=C)CCC=C(C)C. The van der Waals surface area contributed by atoms with Crippen LogP contribution < -0.4 is 0 Å². The second kappa shape index (κ2) is 11.7. The predicted molar refractivity (Wildman–Crippen MR) is 119 cm³/mol. The van der Waals surface area contributed by atoms with Gasteiger partial charge in [-0.25, -0.2) is 0 Å². The summed E-state index contributed by atoms with van der Waals surface area (Å²) in [4.78, 5) is 0. The first-order chi connectivity index (χ1) is 12.5. The Bertz CT molecular complexity index is 705. The fraction of sp³-hybridized carbons (Fsp3) is 0.154. The van der Waals surface area contributed by atoms with Crippen LogP contribution in [0.4, 0.5) is 0 Å². The minimum Gasteiger partial charge on any atom is -0.0988 e. The summed E-state index contributed by atoms with van der Waals surface area (Å²) in [6, 6.07) is 20.3. The zero-order chi connectivity index (χ0) is 19.4. The van der Waals surface area contributed by atoms with Crippen LogP contribution in [0.15, 0.2) is 110 Å². The zero-order valence-electron chi connectivity index (χ0n) is 16.2. The Labute approximate surface area is 159 Å². The summed E-state index contributed by atoms with van der Waals surface area (Å²) >= 11 is 0. The molecule has 0 bridgehead atoms. The number of allylic oxidation sites excluding steroid dienone is 6. The molecule has 0 aliphatic rings. The van der Waals surface area contributed by atoms with E-state index >= 15 is 0 Å². The van der Waals surface area contributed by atoms with E-state index in [1.807, 2.05) is 42.5 Å². The molecule has 0 aliphatic carbocycles. The topological polar surface area (TPSA) is 0 Å². The van der Waals surface area contributed by atoms with Crippen LogP contribution in [0.25, 0.3) is 11.1 Å². The van der Waals surface area contributed by atoms with Crippen LogP contribution in [-0.4, -0.2) is 0 Å². The Kier molecular flexibility index (Phi) is 9.49. The molecule has 0 saturated heterocycles. The summed E-state index contributed by atoms with van der Waals surface area (Å²) in [6.45, 7) is 19.9. The van der Waals surface area contributed by atoms with E-state index in [0.717, 1.165) is 40.7 Å². The lowest BCUT2D eigenvalue weighted by molar-refractivity contribution is 0.999. The summed E-state index contributed by atoms with van der Waals surface area (Å²) < 4.78 is 0. The molecular formula is C26H30. The standard InChI is InChI=1S/C16H14.C10H16/c1-13(15-9-5-3-6-10-15)14(2)16-11-7-4-8-12-16;1-5-10(4)8-6-7-9(2)3/h3-12H,1-2H2;5,7H,1,4,6,8H2,2-3H3. The van der Waals surface area contributed by atoms with E-state index in [2.05, 4.69) is 70.5 Å². The Hall–Kier alpha value is -2.86. The lowest BCUT2D eigenvalue weighted by Gasteiger charge is -2.09. The molecule has 0 heteroatoms. The molecular weight excluding hydrogens is 312 g/mol. The Morgan fingerprint density at radius 2 is 1.19 bits per heavy atom. The predicted octanol–water partition coefficient (Wildman–Crippen LogP) is 7.89. The molecule has 26 heavy (non-hydrogen) atoms. The quantitative estimate of drug-likeness (QED) is 0.354. The van der Waals surface area contributed by atoms with Gasteiger partial charge in [0.05, 0.1) is 0 Å². The molecule has 2 rings (SSSR count). The maximum absolute atomic E-state index is 4.10. The van der Waals surface area contributed by atoms with E-state index in [1.165, 1.54) is 5.57 Å². The van der Waals surface area contributed by atoms with Gasteiger partial charge in [-0.2, -0.15) is 0 Å². The Balaban J connectivity index is 0.000000294. The van der Waals surface area contributed by atoms with Gasteiger partial charge < -0.3 is 0 Å². The van der Waals surface area contributed by atoms with Gasteiger partial charge in [0.15, 0.2) is 0 Å². The number of hydrogen-bond donors (Lipinski definition) is 0. The summed E-state index contributed by atoms with van der Waals surface area (Å²) in [5.41, 5.74) is 6.70. The monoisotopic (exact) mass is 342 g/mol. The van der Waals surface area contributed by atoms with Crippen molar-refractivity contribution in [3.05, 3.63) is 121 Å².